The maximum absolute atomic E-state index is 13.0. The van der Waals surface area contributed by atoms with E-state index in [0.717, 1.165) is 0 Å². The minimum absolute atomic E-state index is 0.100. The number of amides is 2. The average molecular weight is 499 g/mol. The lowest BCUT2D eigenvalue weighted by Crippen LogP contribution is -2.47. The standard InChI is InChI=1S/C20H23BrN2O6S/c1-4-14(19(25)23-7-9-28-10-8-23)29-16-13(21)6-5-12-15(20(26)27-3)18(22-11(2)24)30-17(12)16/h5-6,14H,4,7-10H2,1-3H3,(H,22,24)/t14-/m0/s1. The highest BCUT2D eigenvalue weighted by Gasteiger charge is 2.29. The van der Waals surface area contributed by atoms with Gasteiger partial charge in [-0.15, -0.1) is 11.3 Å². The summed E-state index contributed by atoms with van der Waals surface area (Å²) in [6.07, 6.45) is -0.204. The van der Waals surface area contributed by atoms with E-state index in [9.17, 15) is 14.4 Å². The fourth-order valence-electron chi connectivity index (χ4n) is 3.21. The third-order valence-corrected chi connectivity index (χ3v) is 6.42. The zero-order valence-corrected chi connectivity index (χ0v) is 19.4. The Bertz CT molecular complexity index is 970. The zero-order chi connectivity index (χ0) is 21.8. The number of methoxy groups -OCH3 is 1. The molecule has 1 fully saturated rings. The first-order valence-corrected chi connectivity index (χ1v) is 11.1. The first kappa shape index (κ1) is 22.5. The summed E-state index contributed by atoms with van der Waals surface area (Å²) in [7, 11) is 1.29. The molecule has 1 atom stereocenters. The highest BCUT2D eigenvalue weighted by atomic mass is 79.9. The fourth-order valence-corrected chi connectivity index (χ4v) is 4.99. The molecule has 2 amide bonds. The quantitative estimate of drug-likeness (QED) is 0.613. The molecule has 0 saturated carbocycles. The summed E-state index contributed by atoms with van der Waals surface area (Å²) in [6, 6.07) is 3.51. The molecule has 2 aromatic rings. The Morgan fingerprint density at radius 3 is 2.60 bits per heavy atom. The molecule has 8 nitrogen and oxygen atoms in total. The molecule has 1 aromatic carbocycles. The molecule has 0 aliphatic carbocycles. The van der Waals surface area contributed by atoms with Gasteiger partial charge in [0.15, 0.2) is 11.9 Å². The van der Waals surface area contributed by atoms with Gasteiger partial charge in [0, 0.05) is 25.4 Å². The number of nitrogens with zero attached hydrogens (tertiary/aromatic N) is 1. The van der Waals surface area contributed by atoms with Crippen LogP contribution in [-0.2, 0) is 19.1 Å². The minimum atomic E-state index is -0.683. The summed E-state index contributed by atoms with van der Waals surface area (Å²) in [5, 5.41) is 3.65. The van der Waals surface area contributed by atoms with Crippen LogP contribution in [0, 0.1) is 0 Å². The predicted molar refractivity (Wildman–Crippen MR) is 117 cm³/mol. The van der Waals surface area contributed by atoms with Gasteiger partial charge in [-0.2, -0.15) is 0 Å². The summed E-state index contributed by atoms with van der Waals surface area (Å²) in [6.45, 7) is 5.33. The molecular formula is C20H23BrN2O6S. The van der Waals surface area contributed by atoms with E-state index in [4.69, 9.17) is 14.2 Å². The van der Waals surface area contributed by atoms with Crippen molar-refractivity contribution < 1.29 is 28.6 Å². The molecule has 1 saturated heterocycles. The maximum Gasteiger partial charge on any atom is 0.341 e. The molecule has 1 aromatic heterocycles. The van der Waals surface area contributed by atoms with Crippen molar-refractivity contribution >= 4 is 60.1 Å². The normalized spacial score (nSPS) is 15.0. The molecule has 0 radical (unpaired) electrons. The van der Waals surface area contributed by atoms with E-state index in [2.05, 4.69) is 21.2 Å². The van der Waals surface area contributed by atoms with E-state index in [1.165, 1.54) is 25.4 Å². The number of fused-ring (bicyclic) bond motifs is 1. The number of hydrogen-bond donors (Lipinski definition) is 1. The number of rotatable bonds is 6. The Balaban J connectivity index is 2.02. The topological polar surface area (TPSA) is 94.2 Å². The SMILES string of the molecule is CC[C@H](Oc1c(Br)ccc2c(C(=O)OC)c(NC(C)=O)sc12)C(=O)N1CCOCC1. The van der Waals surface area contributed by atoms with Crippen LogP contribution in [0.2, 0.25) is 0 Å². The second kappa shape index (κ2) is 9.76. The lowest BCUT2D eigenvalue weighted by molar-refractivity contribution is -0.142. The molecule has 1 N–H and O–H groups in total. The number of morpholine rings is 1. The van der Waals surface area contributed by atoms with Gasteiger partial charge in [-0.05, 0) is 28.4 Å². The molecule has 30 heavy (non-hydrogen) atoms. The molecule has 1 aliphatic heterocycles. The van der Waals surface area contributed by atoms with E-state index in [1.54, 1.807) is 17.0 Å². The van der Waals surface area contributed by atoms with Crippen molar-refractivity contribution in [3.05, 3.63) is 22.2 Å². The van der Waals surface area contributed by atoms with Gasteiger partial charge in [0.05, 0.1) is 29.5 Å². The molecule has 0 spiro atoms. The second-order valence-electron chi connectivity index (χ2n) is 6.68. The fraction of sp³-hybridized carbons (Fsp3) is 0.450. The second-order valence-corrected chi connectivity index (χ2v) is 8.56. The van der Waals surface area contributed by atoms with Crippen LogP contribution in [-0.4, -0.2) is 62.2 Å². The van der Waals surface area contributed by atoms with Gasteiger partial charge >= 0.3 is 5.97 Å². The monoisotopic (exact) mass is 498 g/mol. The summed E-state index contributed by atoms with van der Waals surface area (Å²) in [5.41, 5.74) is 0.262. The van der Waals surface area contributed by atoms with Crippen molar-refractivity contribution in [1.82, 2.24) is 4.90 Å². The zero-order valence-electron chi connectivity index (χ0n) is 17.0. The first-order chi connectivity index (χ1) is 14.4. The van der Waals surface area contributed by atoms with Crippen molar-refractivity contribution in [3.8, 4) is 5.75 Å². The smallest absolute Gasteiger partial charge is 0.341 e. The summed E-state index contributed by atoms with van der Waals surface area (Å²) < 4.78 is 17.7. The van der Waals surface area contributed by atoms with Crippen LogP contribution in [0.1, 0.15) is 30.6 Å². The number of halogens is 1. The van der Waals surface area contributed by atoms with E-state index >= 15 is 0 Å². The van der Waals surface area contributed by atoms with Gasteiger partial charge in [0.2, 0.25) is 5.91 Å². The number of hydrogen-bond acceptors (Lipinski definition) is 7. The molecule has 1 aliphatic rings. The average Bonchev–Trinajstić information content (AvgIpc) is 3.10. The Hall–Kier alpha value is -2.17. The lowest BCUT2D eigenvalue weighted by Gasteiger charge is -2.30. The van der Waals surface area contributed by atoms with Crippen LogP contribution >= 0.6 is 27.3 Å². The van der Waals surface area contributed by atoms with Gasteiger partial charge in [-0.1, -0.05) is 13.0 Å². The van der Waals surface area contributed by atoms with Gasteiger partial charge < -0.3 is 24.4 Å². The number of ether oxygens (including phenoxy) is 3. The van der Waals surface area contributed by atoms with E-state index in [1.807, 2.05) is 6.92 Å². The molecule has 162 valence electrons. The van der Waals surface area contributed by atoms with E-state index < -0.39 is 12.1 Å². The predicted octanol–water partition coefficient (Wildman–Crippen LogP) is 3.43. The Labute approximate surface area is 186 Å². The van der Waals surface area contributed by atoms with Crippen LogP contribution in [0.25, 0.3) is 10.1 Å². The highest BCUT2D eigenvalue weighted by Crippen LogP contribution is 2.45. The van der Waals surface area contributed by atoms with Crippen LogP contribution in [0.15, 0.2) is 16.6 Å². The van der Waals surface area contributed by atoms with Gasteiger partial charge in [-0.3, -0.25) is 9.59 Å². The largest absolute Gasteiger partial charge is 0.478 e. The van der Waals surface area contributed by atoms with Crippen LogP contribution in [0.4, 0.5) is 5.00 Å². The summed E-state index contributed by atoms with van der Waals surface area (Å²) in [4.78, 5) is 38.7. The van der Waals surface area contributed by atoms with E-state index in [0.29, 0.717) is 58.0 Å². The van der Waals surface area contributed by atoms with Crippen LogP contribution in [0.3, 0.4) is 0 Å². The van der Waals surface area contributed by atoms with Crippen molar-refractivity contribution in [1.29, 1.82) is 0 Å². The highest BCUT2D eigenvalue weighted by molar-refractivity contribution is 9.10. The third kappa shape index (κ3) is 4.60. The Morgan fingerprint density at radius 1 is 1.30 bits per heavy atom. The number of nitrogens with one attached hydrogen (secondary N) is 1. The van der Waals surface area contributed by atoms with Gasteiger partial charge in [-0.25, -0.2) is 4.79 Å². The third-order valence-electron chi connectivity index (χ3n) is 4.67. The first-order valence-electron chi connectivity index (χ1n) is 9.51. The van der Waals surface area contributed by atoms with Gasteiger partial charge in [0.1, 0.15) is 10.6 Å². The van der Waals surface area contributed by atoms with Crippen LogP contribution < -0.4 is 10.1 Å². The van der Waals surface area contributed by atoms with Gasteiger partial charge in [0.25, 0.3) is 5.91 Å². The number of benzene rings is 1. The molecule has 0 bridgehead atoms. The molecule has 10 heteroatoms. The minimum Gasteiger partial charge on any atom is -0.478 e. The number of carbonyl (C=O) groups is 3. The van der Waals surface area contributed by atoms with Crippen molar-refractivity contribution in [2.45, 2.75) is 26.4 Å². The van der Waals surface area contributed by atoms with Crippen LogP contribution in [0.5, 0.6) is 5.75 Å². The number of anilines is 1. The molecule has 2 heterocycles. The van der Waals surface area contributed by atoms with Crippen molar-refractivity contribution in [2.75, 3.05) is 38.7 Å². The number of carbonyl (C=O) groups excluding carboxylic acids is 3. The van der Waals surface area contributed by atoms with Crippen molar-refractivity contribution in [2.24, 2.45) is 0 Å². The van der Waals surface area contributed by atoms with E-state index in [-0.39, 0.29) is 17.4 Å². The lowest BCUT2D eigenvalue weighted by atomic mass is 10.1. The molecule has 3 rings (SSSR count). The number of esters is 1. The molecule has 0 unspecified atom stereocenters. The summed E-state index contributed by atoms with van der Waals surface area (Å²) in [5.74, 6) is -0.513. The van der Waals surface area contributed by atoms with Crippen molar-refractivity contribution in [3.63, 3.8) is 0 Å². The maximum atomic E-state index is 13.0. The summed E-state index contributed by atoms with van der Waals surface area (Å²) >= 11 is 4.70. The Morgan fingerprint density at radius 2 is 2.00 bits per heavy atom. The number of thiophene rings is 1. The molecular weight excluding hydrogens is 476 g/mol. The Kier molecular flexibility index (Phi) is 7.32.